The van der Waals surface area contributed by atoms with E-state index in [2.05, 4.69) is 41.3 Å². The first-order chi connectivity index (χ1) is 10.9. The molecule has 22 heavy (non-hydrogen) atoms. The Balaban J connectivity index is 1.51. The van der Waals surface area contributed by atoms with Crippen LogP contribution in [0.25, 0.3) is 0 Å². The molecule has 4 rings (SSSR count). The molecule has 0 radical (unpaired) electrons. The highest BCUT2D eigenvalue weighted by Gasteiger charge is 2.36. The number of hydrogen-bond acceptors (Lipinski definition) is 2. The van der Waals surface area contributed by atoms with Crippen LogP contribution in [0.15, 0.2) is 42.0 Å². The zero-order valence-electron chi connectivity index (χ0n) is 13.4. The Morgan fingerprint density at radius 2 is 1.82 bits per heavy atom. The van der Waals surface area contributed by atoms with Crippen LogP contribution in [0.5, 0.6) is 0 Å². The van der Waals surface area contributed by atoms with Crippen molar-refractivity contribution in [2.45, 2.75) is 57.2 Å². The molecule has 1 saturated heterocycles. The van der Waals surface area contributed by atoms with Gasteiger partial charge >= 0.3 is 0 Å². The summed E-state index contributed by atoms with van der Waals surface area (Å²) < 4.78 is 5.85. The summed E-state index contributed by atoms with van der Waals surface area (Å²) in [5.41, 5.74) is 3.18. The molecular weight excluding hydrogens is 270 g/mol. The van der Waals surface area contributed by atoms with Crippen molar-refractivity contribution in [2.75, 3.05) is 13.2 Å². The third-order valence-electron chi connectivity index (χ3n) is 5.71. The number of benzene rings is 1. The highest BCUT2D eigenvalue weighted by Crippen LogP contribution is 2.37. The average Bonchev–Trinajstić information content (AvgIpc) is 2.56. The summed E-state index contributed by atoms with van der Waals surface area (Å²) in [6.45, 7) is 2.85. The minimum absolute atomic E-state index is 0.490. The number of rotatable bonds is 3. The van der Waals surface area contributed by atoms with Gasteiger partial charge in [-0.2, -0.15) is 0 Å². The van der Waals surface area contributed by atoms with Gasteiger partial charge in [-0.15, -0.1) is 0 Å². The van der Waals surface area contributed by atoms with Crippen LogP contribution in [0.4, 0.5) is 0 Å². The molecule has 1 aliphatic carbocycles. The molecule has 0 amide bonds. The van der Waals surface area contributed by atoms with Crippen LogP contribution in [0.3, 0.4) is 0 Å². The van der Waals surface area contributed by atoms with E-state index in [0.717, 1.165) is 25.7 Å². The van der Waals surface area contributed by atoms with Crippen molar-refractivity contribution in [1.82, 2.24) is 4.90 Å². The first-order valence-corrected chi connectivity index (χ1v) is 8.98. The minimum Gasteiger partial charge on any atom is -0.378 e. The molecule has 3 aliphatic rings. The fourth-order valence-electron chi connectivity index (χ4n) is 4.51. The monoisotopic (exact) mass is 297 g/mol. The van der Waals surface area contributed by atoms with Crippen LogP contribution in [0.1, 0.15) is 44.1 Å². The Morgan fingerprint density at radius 1 is 1.00 bits per heavy atom. The van der Waals surface area contributed by atoms with Gasteiger partial charge in [0.2, 0.25) is 0 Å². The van der Waals surface area contributed by atoms with Gasteiger partial charge in [-0.3, -0.25) is 4.90 Å². The van der Waals surface area contributed by atoms with E-state index in [4.69, 9.17) is 4.74 Å². The molecule has 2 heterocycles. The second kappa shape index (κ2) is 6.55. The molecule has 1 aromatic carbocycles. The van der Waals surface area contributed by atoms with Gasteiger partial charge in [-0.05, 0) is 30.7 Å². The SMILES string of the molecule is C1=C(C2CCCCC2)CC2COCC1N2Cc1ccccc1. The van der Waals surface area contributed by atoms with Crippen LogP contribution in [0.2, 0.25) is 0 Å². The molecule has 2 heteroatoms. The van der Waals surface area contributed by atoms with Crippen molar-refractivity contribution in [1.29, 1.82) is 0 Å². The van der Waals surface area contributed by atoms with E-state index in [-0.39, 0.29) is 0 Å². The van der Waals surface area contributed by atoms with Gasteiger partial charge in [0.25, 0.3) is 0 Å². The van der Waals surface area contributed by atoms with E-state index in [1.54, 1.807) is 5.57 Å². The van der Waals surface area contributed by atoms with E-state index in [1.165, 1.54) is 44.1 Å². The maximum atomic E-state index is 5.85. The van der Waals surface area contributed by atoms with Gasteiger partial charge in [-0.25, -0.2) is 0 Å². The van der Waals surface area contributed by atoms with E-state index >= 15 is 0 Å². The van der Waals surface area contributed by atoms with E-state index < -0.39 is 0 Å². The van der Waals surface area contributed by atoms with Gasteiger partial charge in [0.15, 0.2) is 0 Å². The summed E-state index contributed by atoms with van der Waals surface area (Å²) in [4.78, 5) is 2.67. The summed E-state index contributed by atoms with van der Waals surface area (Å²) >= 11 is 0. The molecule has 0 N–H and O–H groups in total. The van der Waals surface area contributed by atoms with Gasteiger partial charge in [0.1, 0.15) is 0 Å². The highest BCUT2D eigenvalue weighted by molar-refractivity contribution is 5.21. The van der Waals surface area contributed by atoms with E-state index in [1.807, 2.05) is 0 Å². The maximum Gasteiger partial charge on any atom is 0.0658 e. The minimum atomic E-state index is 0.490. The largest absolute Gasteiger partial charge is 0.378 e. The Hall–Kier alpha value is -1.12. The molecular formula is C20H27NO. The molecule has 0 aromatic heterocycles. The summed E-state index contributed by atoms with van der Waals surface area (Å²) in [6.07, 6.45) is 10.9. The van der Waals surface area contributed by atoms with Crippen LogP contribution in [0, 0.1) is 5.92 Å². The third kappa shape index (κ3) is 3.00. The first-order valence-electron chi connectivity index (χ1n) is 8.98. The Labute approximate surface area is 134 Å². The van der Waals surface area contributed by atoms with Crippen LogP contribution >= 0.6 is 0 Å². The van der Waals surface area contributed by atoms with Crippen LogP contribution < -0.4 is 0 Å². The van der Waals surface area contributed by atoms with Gasteiger partial charge in [-0.1, -0.05) is 61.2 Å². The number of morpholine rings is 1. The topological polar surface area (TPSA) is 12.5 Å². The summed E-state index contributed by atoms with van der Waals surface area (Å²) in [7, 11) is 0. The molecule has 0 spiro atoms. The van der Waals surface area contributed by atoms with Gasteiger partial charge in [0, 0.05) is 12.6 Å². The molecule has 2 fully saturated rings. The molecule has 2 nitrogen and oxygen atoms in total. The molecule has 2 atom stereocenters. The van der Waals surface area contributed by atoms with Crippen molar-refractivity contribution in [3.63, 3.8) is 0 Å². The number of fused-ring (bicyclic) bond motifs is 2. The second-order valence-electron chi connectivity index (χ2n) is 7.20. The molecule has 2 aliphatic heterocycles. The summed E-state index contributed by atoms with van der Waals surface area (Å²) in [5.74, 6) is 0.871. The molecule has 2 bridgehead atoms. The zero-order chi connectivity index (χ0) is 14.8. The molecule has 2 unspecified atom stereocenters. The predicted molar refractivity (Wildman–Crippen MR) is 89.7 cm³/mol. The Morgan fingerprint density at radius 3 is 2.59 bits per heavy atom. The standard InChI is InChI=1S/C20H27NO/c1-3-7-16(8-4-1)13-21-19-11-18(12-20(21)15-22-14-19)17-9-5-2-6-10-17/h1,3-4,7-8,11,17,19-20H,2,5-6,9-10,12-15H2. The third-order valence-corrected chi connectivity index (χ3v) is 5.71. The quantitative estimate of drug-likeness (QED) is 0.777. The Bertz CT molecular complexity index is 518. The molecule has 1 aromatic rings. The lowest BCUT2D eigenvalue weighted by Crippen LogP contribution is -2.53. The number of ether oxygens (including phenoxy) is 1. The first kappa shape index (κ1) is 14.5. The van der Waals surface area contributed by atoms with Crippen molar-refractivity contribution < 1.29 is 4.74 Å². The van der Waals surface area contributed by atoms with E-state index in [9.17, 15) is 0 Å². The normalized spacial score (nSPS) is 30.1. The fraction of sp³-hybridized carbons (Fsp3) is 0.600. The van der Waals surface area contributed by atoms with Crippen molar-refractivity contribution >= 4 is 0 Å². The van der Waals surface area contributed by atoms with Crippen LogP contribution in [-0.4, -0.2) is 30.2 Å². The summed E-state index contributed by atoms with van der Waals surface area (Å²) in [6, 6.07) is 12.0. The summed E-state index contributed by atoms with van der Waals surface area (Å²) in [5, 5.41) is 0. The lowest BCUT2D eigenvalue weighted by molar-refractivity contribution is -0.0454. The lowest BCUT2D eigenvalue weighted by Gasteiger charge is -2.46. The second-order valence-corrected chi connectivity index (χ2v) is 7.20. The van der Waals surface area contributed by atoms with Crippen molar-refractivity contribution in [3.05, 3.63) is 47.5 Å². The zero-order valence-corrected chi connectivity index (χ0v) is 13.4. The Kier molecular flexibility index (Phi) is 4.31. The number of nitrogens with zero attached hydrogens (tertiary/aromatic N) is 1. The van der Waals surface area contributed by atoms with Crippen molar-refractivity contribution in [2.24, 2.45) is 5.92 Å². The fourth-order valence-corrected chi connectivity index (χ4v) is 4.51. The predicted octanol–water partition coefficient (Wildman–Crippen LogP) is 4.17. The lowest BCUT2D eigenvalue weighted by atomic mass is 9.78. The average molecular weight is 297 g/mol. The molecule has 118 valence electrons. The maximum absolute atomic E-state index is 5.85. The van der Waals surface area contributed by atoms with Crippen LogP contribution in [-0.2, 0) is 11.3 Å². The smallest absolute Gasteiger partial charge is 0.0658 e. The van der Waals surface area contributed by atoms with Gasteiger partial charge < -0.3 is 4.74 Å². The highest BCUT2D eigenvalue weighted by atomic mass is 16.5. The molecule has 1 saturated carbocycles. The van der Waals surface area contributed by atoms with E-state index in [0.29, 0.717) is 12.1 Å². The number of hydrogen-bond donors (Lipinski definition) is 0. The van der Waals surface area contributed by atoms with Gasteiger partial charge in [0.05, 0.1) is 19.3 Å². The van der Waals surface area contributed by atoms with Crippen molar-refractivity contribution in [3.8, 4) is 0 Å².